The largest absolute Gasteiger partial charge is 0.453 e. The first kappa shape index (κ1) is 12.6. The van der Waals surface area contributed by atoms with Gasteiger partial charge in [0.25, 0.3) is 0 Å². The second kappa shape index (κ2) is 5.19. The Labute approximate surface area is 109 Å². The van der Waals surface area contributed by atoms with Crippen LogP contribution in [0.4, 0.5) is 4.39 Å². The van der Waals surface area contributed by atoms with Crippen molar-refractivity contribution in [1.82, 2.24) is 0 Å². The number of rotatable bonds is 3. The van der Waals surface area contributed by atoms with Crippen molar-refractivity contribution < 1.29 is 13.9 Å². The Morgan fingerprint density at radius 1 is 1.17 bits per heavy atom. The van der Waals surface area contributed by atoms with Crippen molar-refractivity contribution in [3.63, 3.8) is 0 Å². The van der Waals surface area contributed by atoms with Crippen LogP contribution >= 0.6 is 11.6 Å². The Morgan fingerprint density at radius 3 is 2.50 bits per heavy atom. The number of aldehydes is 1. The summed E-state index contributed by atoms with van der Waals surface area (Å²) in [5.74, 6) is -0.192. The summed E-state index contributed by atoms with van der Waals surface area (Å²) in [6.45, 7) is 1.90. The third kappa shape index (κ3) is 2.68. The van der Waals surface area contributed by atoms with E-state index < -0.39 is 5.82 Å². The Balaban J connectivity index is 2.31. The number of halogens is 2. The van der Waals surface area contributed by atoms with Gasteiger partial charge in [-0.1, -0.05) is 17.7 Å². The van der Waals surface area contributed by atoms with Gasteiger partial charge in [-0.15, -0.1) is 0 Å². The van der Waals surface area contributed by atoms with E-state index in [2.05, 4.69) is 0 Å². The van der Waals surface area contributed by atoms with Crippen molar-refractivity contribution in [2.75, 3.05) is 0 Å². The topological polar surface area (TPSA) is 26.3 Å². The van der Waals surface area contributed by atoms with E-state index in [-0.39, 0.29) is 11.3 Å². The van der Waals surface area contributed by atoms with Crippen LogP contribution in [0.1, 0.15) is 15.9 Å². The van der Waals surface area contributed by atoms with Gasteiger partial charge >= 0.3 is 0 Å². The van der Waals surface area contributed by atoms with Crippen LogP contribution in [0.3, 0.4) is 0 Å². The minimum Gasteiger partial charge on any atom is -0.453 e. The van der Waals surface area contributed by atoms with Crippen molar-refractivity contribution in [2.45, 2.75) is 6.92 Å². The van der Waals surface area contributed by atoms with Crippen LogP contribution in [-0.2, 0) is 0 Å². The first-order chi connectivity index (χ1) is 8.60. The van der Waals surface area contributed by atoms with Gasteiger partial charge in [-0.3, -0.25) is 4.79 Å². The lowest BCUT2D eigenvalue weighted by Crippen LogP contribution is -1.91. The predicted molar refractivity (Wildman–Crippen MR) is 68.1 cm³/mol. The van der Waals surface area contributed by atoms with E-state index in [0.29, 0.717) is 17.1 Å². The van der Waals surface area contributed by atoms with Gasteiger partial charge in [0.15, 0.2) is 11.6 Å². The molecule has 2 rings (SSSR count). The van der Waals surface area contributed by atoms with E-state index in [1.54, 1.807) is 12.1 Å². The summed E-state index contributed by atoms with van der Waals surface area (Å²) in [7, 11) is 0. The monoisotopic (exact) mass is 264 g/mol. The summed E-state index contributed by atoms with van der Waals surface area (Å²) in [4.78, 5) is 10.5. The SMILES string of the molecule is Cc1ccc(Oc2ccc(C=O)cc2F)c(Cl)c1. The molecular weight excluding hydrogens is 255 g/mol. The Morgan fingerprint density at radius 2 is 1.89 bits per heavy atom. The molecule has 2 nitrogen and oxygen atoms in total. The fraction of sp³-hybridized carbons (Fsp3) is 0.0714. The molecule has 0 aliphatic heterocycles. The third-order valence-electron chi connectivity index (χ3n) is 2.40. The smallest absolute Gasteiger partial charge is 0.166 e. The Hall–Kier alpha value is -1.87. The number of hydrogen-bond donors (Lipinski definition) is 0. The molecule has 0 N–H and O–H groups in total. The minimum absolute atomic E-state index is 0.0337. The van der Waals surface area contributed by atoms with Gasteiger partial charge in [0.2, 0.25) is 0 Å². The van der Waals surface area contributed by atoms with E-state index in [4.69, 9.17) is 16.3 Å². The molecule has 2 aromatic carbocycles. The normalized spacial score (nSPS) is 10.2. The number of ether oxygens (including phenoxy) is 1. The van der Waals surface area contributed by atoms with Crippen LogP contribution in [0.15, 0.2) is 36.4 Å². The lowest BCUT2D eigenvalue weighted by Gasteiger charge is -2.09. The molecule has 0 saturated carbocycles. The fourth-order valence-corrected chi connectivity index (χ4v) is 1.75. The van der Waals surface area contributed by atoms with Crippen molar-refractivity contribution in [3.8, 4) is 11.5 Å². The summed E-state index contributed by atoms with van der Waals surface area (Å²) in [6, 6.07) is 9.21. The first-order valence-corrected chi connectivity index (χ1v) is 5.66. The van der Waals surface area contributed by atoms with Gasteiger partial charge in [-0.25, -0.2) is 4.39 Å². The molecule has 0 aliphatic rings. The summed E-state index contributed by atoms with van der Waals surface area (Å²) in [6.07, 6.45) is 0.575. The van der Waals surface area contributed by atoms with E-state index in [0.717, 1.165) is 11.6 Å². The van der Waals surface area contributed by atoms with Crippen LogP contribution in [0.5, 0.6) is 11.5 Å². The highest BCUT2D eigenvalue weighted by Crippen LogP contribution is 2.31. The van der Waals surface area contributed by atoms with Crippen LogP contribution < -0.4 is 4.74 Å². The third-order valence-corrected chi connectivity index (χ3v) is 2.69. The van der Waals surface area contributed by atoms with Crippen LogP contribution in [0, 0.1) is 12.7 Å². The number of hydrogen-bond acceptors (Lipinski definition) is 2. The number of aryl methyl sites for hydroxylation is 1. The Bertz CT molecular complexity index is 596. The van der Waals surface area contributed by atoms with Crippen molar-refractivity contribution in [3.05, 3.63) is 58.4 Å². The maximum absolute atomic E-state index is 13.6. The number of carbonyl (C=O) groups is 1. The lowest BCUT2D eigenvalue weighted by molar-refractivity contribution is 0.112. The predicted octanol–water partition coefficient (Wildman–Crippen LogP) is 4.39. The van der Waals surface area contributed by atoms with E-state index in [1.807, 2.05) is 13.0 Å². The molecule has 0 unspecified atom stereocenters. The average Bonchev–Trinajstić information content (AvgIpc) is 2.34. The standard InChI is InChI=1S/C14H10ClFO2/c1-9-2-4-13(11(15)6-9)18-14-5-3-10(8-17)7-12(14)16/h2-8H,1H3. The molecule has 0 aromatic heterocycles. The van der Waals surface area contributed by atoms with Crippen molar-refractivity contribution in [2.24, 2.45) is 0 Å². The highest BCUT2D eigenvalue weighted by atomic mass is 35.5. The fourth-order valence-electron chi connectivity index (χ4n) is 1.48. The molecule has 0 saturated heterocycles. The molecule has 0 heterocycles. The molecule has 0 spiro atoms. The summed E-state index contributed by atoms with van der Waals surface area (Å²) < 4.78 is 19.0. The average molecular weight is 265 g/mol. The van der Waals surface area contributed by atoms with Gasteiger partial charge < -0.3 is 4.74 Å². The van der Waals surface area contributed by atoms with Gasteiger partial charge in [-0.05, 0) is 42.8 Å². The summed E-state index contributed by atoms with van der Waals surface area (Å²) in [5, 5.41) is 0.411. The van der Waals surface area contributed by atoms with Crippen LogP contribution in [0.25, 0.3) is 0 Å². The number of benzene rings is 2. The van der Waals surface area contributed by atoms with E-state index in [1.165, 1.54) is 12.1 Å². The molecule has 0 aliphatic carbocycles. The molecule has 18 heavy (non-hydrogen) atoms. The molecule has 4 heteroatoms. The molecule has 0 fully saturated rings. The van der Waals surface area contributed by atoms with Crippen LogP contribution in [-0.4, -0.2) is 6.29 Å². The zero-order valence-corrected chi connectivity index (χ0v) is 10.4. The summed E-state index contributed by atoms with van der Waals surface area (Å²) >= 11 is 5.99. The second-order valence-corrected chi connectivity index (χ2v) is 4.25. The highest BCUT2D eigenvalue weighted by molar-refractivity contribution is 6.32. The zero-order chi connectivity index (χ0) is 13.1. The molecule has 92 valence electrons. The maximum Gasteiger partial charge on any atom is 0.166 e. The zero-order valence-electron chi connectivity index (χ0n) is 9.61. The quantitative estimate of drug-likeness (QED) is 0.769. The van der Waals surface area contributed by atoms with Gasteiger partial charge in [0.1, 0.15) is 12.0 Å². The van der Waals surface area contributed by atoms with Gasteiger partial charge in [-0.2, -0.15) is 0 Å². The molecule has 2 aromatic rings. The Kier molecular flexibility index (Phi) is 3.63. The second-order valence-electron chi connectivity index (χ2n) is 3.84. The van der Waals surface area contributed by atoms with E-state index >= 15 is 0 Å². The lowest BCUT2D eigenvalue weighted by atomic mass is 10.2. The maximum atomic E-state index is 13.6. The van der Waals surface area contributed by atoms with E-state index in [9.17, 15) is 9.18 Å². The number of carbonyl (C=O) groups excluding carboxylic acids is 1. The minimum atomic E-state index is -0.601. The van der Waals surface area contributed by atoms with Crippen molar-refractivity contribution >= 4 is 17.9 Å². The van der Waals surface area contributed by atoms with Gasteiger partial charge in [0, 0.05) is 5.56 Å². The molecule has 0 bridgehead atoms. The molecule has 0 atom stereocenters. The highest BCUT2D eigenvalue weighted by Gasteiger charge is 2.08. The first-order valence-electron chi connectivity index (χ1n) is 5.29. The molecule has 0 radical (unpaired) electrons. The van der Waals surface area contributed by atoms with Crippen LogP contribution in [0.2, 0.25) is 5.02 Å². The van der Waals surface area contributed by atoms with Crippen molar-refractivity contribution in [1.29, 1.82) is 0 Å². The summed E-state index contributed by atoms with van der Waals surface area (Å²) in [5.41, 5.74) is 1.25. The molecule has 0 amide bonds. The molecular formula is C14H10ClFO2. The van der Waals surface area contributed by atoms with Gasteiger partial charge in [0.05, 0.1) is 5.02 Å².